The summed E-state index contributed by atoms with van der Waals surface area (Å²) in [5, 5.41) is 19.3. The van der Waals surface area contributed by atoms with Crippen LogP contribution in [0.4, 0.5) is 11.4 Å². The lowest BCUT2D eigenvalue weighted by molar-refractivity contribution is -0.384. The van der Waals surface area contributed by atoms with E-state index in [0.29, 0.717) is 5.69 Å². The lowest BCUT2D eigenvalue weighted by Crippen LogP contribution is -2.26. The highest BCUT2D eigenvalue weighted by molar-refractivity contribution is 7.92. The van der Waals surface area contributed by atoms with Crippen molar-refractivity contribution in [2.24, 2.45) is 0 Å². The van der Waals surface area contributed by atoms with Gasteiger partial charge in [-0.05, 0) is 29.8 Å². The number of rotatable bonds is 5. The van der Waals surface area contributed by atoms with E-state index in [1.165, 1.54) is 19.2 Å². The first-order valence-electron chi connectivity index (χ1n) is 6.55. The number of anilines is 1. The van der Waals surface area contributed by atoms with E-state index in [2.05, 4.69) is 0 Å². The maximum atomic E-state index is 12.5. The van der Waals surface area contributed by atoms with Gasteiger partial charge < -0.3 is 0 Å². The quantitative estimate of drug-likeness (QED) is 0.618. The van der Waals surface area contributed by atoms with Crippen LogP contribution in [0.5, 0.6) is 0 Å². The fraction of sp³-hybridized carbons (Fsp3) is 0.133. The lowest BCUT2D eigenvalue weighted by atomic mass is 10.1. The number of sulfonamides is 1. The van der Waals surface area contributed by atoms with Gasteiger partial charge in [0.1, 0.15) is 0 Å². The molecule has 7 nitrogen and oxygen atoms in total. The third-order valence-corrected chi connectivity index (χ3v) is 5.09. The van der Waals surface area contributed by atoms with Gasteiger partial charge in [-0.3, -0.25) is 14.4 Å². The summed E-state index contributed by atoms with van der Waals surface area (Å²) < 4.78 is 26.1. The van der Waals surface area contributed by atoms with Gasteiger partial charge >= 0.3 is 0 Å². The van der Waals surface area contributed by atoms with Crippen LogP contribution in [0.1, 0.15) is 5.56 Å². The second-order valence-electron chi connectivity index (χ2n) is 4.72. The van der Waals surface area contributed by atoms with Gasteiger partial charge in [0.2, 0.25) is 0 Å². The molecule has 118 valence electrons. The Labute approximate surface area is 133 Å². The van der Waals surface area contributed by atoms with Crippen LogP contribution in [0.2, 0.25) is 0 Å². The zero-order chi connectivity index (χ0) is 17.0. The molecule has 0 saturated heterocycles. The fourth-order valence-electron chi connectivity index (χ4n) is 1.95. The van der Waals surface area contributed by atoms with Crippen molar-refractivity contribution in [1.29, 1.82) is 5.26 Å². The number of nitriles is 1. The first kappa shape index (κ1) is 16.5. The summed E-state index contributed by atoms with van der Waals surface area (Å²) in [5.41, 5.74) is 1.05. The standard InChI is InChI=1S/C15H13N3O4S/c1-17(13-4-2-12(3-5-13)10-11-16)23(21,22)15-8-6-14(7-9-15)18(19)20/h2-9H,10H2,1H3. The van der Waals surface area contributed by atoms with Crippen LogP contribution >= 0.6 is 0 Å². The van der Waals surface area contributed by atoms with Crippen molar-refractivity contribution in [3.05, 3.63) is 64.2 Å². The molecule has 2 rings (SSSR count). The number of benzene rings is 2. The molecule has 2 aromatic rings. The van der Waals surface area contributed by atoms with Crippen molar-refractivity contribution < 1.29 is 13.3 Å². The van der Waals surface area contributed by atoms with Gasteiger partial charge in [0.15, 0.2) is 0 Å². The number of non-ortho nitro benzene ring substituents is 1. The van der Waals surface area contributed by atoms with E-state index in [-0.39, 0.29) is 17.0 Å². The van der Waals surface area contributed by atoms with Gasteiger partial charge in [-0.1, -0.05) is 12.1 Å². The smallest absolute Gasteiger partial charge is 0.269 e. The highest BCUT2D eigenvalue weighted by Crippen LogP contribution is 2.24. The molecule has 0 amide bonds. The Balaban J connectivity index is 2.31. The molecule has 0 aromatic heterocycles. The summed E-state index contributed by atoms with van der Waals surface area (Å²) in [5.74, 6) is 0. The van der Waals surface area contributed by atoms with Crippen LogP contribution in [-0.4, -0.2) is 20.4 Å². The molecule has 0 saturated carbocycles. The Morgan fingerprint density at radius 1 is 1.13 bits per heavy atom. The van der Waals surface area contributed by atoms with E-state index in [1.807, 2.05) is 6.07 Å². The minimum atomic E-state index is -3.81. The monoisotopic (exact) mass is 331 g/mol. The molecule has 2 aromatic carbocycles. The minimum Gasteiger partial charge on any atom is -0.269 e. The summed E-state index contributed by atoms with van der Waals surface area (Å²) >= 11 is 0. The molecule has 0 aliphatic heterocycles. The van der Waals surface area contributed by atoms with Gasteiger partial charge in [0.05, 0.1) is 28.0 Å². The molecule has 8 heteroatoms. The summed E-state index contributed by atoms with van der Waals surface area (Å²) in [6.07, 6.45) is 0.249. The molecule has 0 atom stereocenters. The average molecular weight is 331 g/mol. The molecule has 0 aliphatic rings. The predicted octanol–water partition coefficient (Wildman–Crippen LogP) is 2.49. The topological polar surface area (TPSA) is 104 Å². The van der Waals surface area contributed by atoms with Crippen LogP contribution < -0.4 is 4.31 Å². The first-order chi connectivity index (χ1) is 10.9. The molecular formula is C15H13N3O4S. The number of nitro groups is 1. The van der Waals surface area contributed by atoms with Gasteiger partial charge in [-0.15, -0.1) is 0 Å². The predicted molar refractivity (Wildman–Crippen MR) is 84.4 cm³/mol. The summed E-state index contributed by atoms with van der Waals surface area (Å²) in [7, 11) is -2.42. The highest BCUT2D eigenvalue weighted by atomic mass is 32.2. The maximum absolute atomic E-state index is 12.5. The van der Waals surface area contributed by atoms with Gasteiger partial charge in [-0.2, -0.15) is 5.26 Å². The molecule has 0 spiro atoms. The average Bonchev–Trinajstić information content (AvgIpc) is 2.55. The number of nitro benzene ring substituents is 1. The molecule has 0 aliphatic carbocycles. The van der Waals surface area contributed by atoms with Gasteiger partial charge in [0, 0.05) is 19.2 Å². The number of hydrogen-bond donors (Lipinski definition) is 0. The first-order valence-corrected chi connectivity index (χ1v) is 7.99. The Kier molecular flexibility index (Phi) is 4.62. The second kappa shape index (κ2) is 6.46. The van der Waals surface area contributed by atoms with E-state index in [1.54, 1.807) is 24.3 Å². The van der Waals surface area contributed by atoms with E-state index >= 15 is 0 Å². The van der Waals surface area contributed by atoms with Crippen molar-refractivity contribution in [3.8, 4) is 6.07 Å². The summed E-state index contributed by atoms with van der Waals surface area (Å²) in [4.78, 5) is 10.0. The van der Waals surface area contributed by atoms with Gasteiger partial charge in [-0.25, -0.2) is 8.42 Å². The third-order valence-electron chi connectivity index (χ3n) is 3.29. The van der Waals surface area contributed by atoms with Crippen LogP contribution in [0.3, 0.4) is 0 Å². The molecule has 0 N–H and O–H groups in total. The molecule has 0 fully saturated rings. The van der Waals surface area contributed by atoms with Crippen LogP contribution in [-0.2, 0) is 16.4 Å². The van der Waals surface area contributed by atoms with Gasteiger partial charge in [0.25, 0.3) is 15.7 Å². The Bertz CT molecular complexity index is 853. The van der Waals surface area contributed by atoms with Crippen LogP contribution in [0.15, 0.2) is 53.4 Å². The Hall–Kier alpha value is -2.92. The van der Waals surface area contributed by atoms with E-state index in [9.17, 15) is 18.5 Å². The van der Waals surface area contributed by atoms with Crippen molar-refractivity contribution in [1.82, 2.24) is 0 Å². The van der Waals surface area contributed by atoms with Crippen LogP contribution in [0, 0.1) is 21.4 Å². The maximum Gasteiger partial charge on any atom is 0.269 e. The van der Waals surface area contributed by atoms with Crippen molar-refractivity contribution in [2.75, 3.05) is 11.4 Å². The summed E-state index contributed by atoms with van der Waals surface area (Å²) in [6, 6.07) is 13.3. The van der Waals surface area contributed by atoms with Crippen LogP contribution in [0.25, 0.3) is 0 Å². The molecule has 0 unspecified atom stereocenters. The van der Waals surface area contributed by atoms with Crippen molar-refractivity contribution >= 4 is 21.4 Å². The molecule has 23 heavy (non-hydrogen) atoms. The minimum absolute atomic E-state index is 0.0355. The largest absolute Gasteiger partial charge is 0.269 e. The lowest BCUT2D eigenvalue weighted by Gasteiger charge is -2.19. The van der Waals surface area contributed by atoms with E-state index in [4.69, 9.17) is 5.26 Å². The molecular weight excluding hydrogens is 318 g/mol. The van der Waals surface area contributed by atoms with Crippen molar-refractivity contribution in [3.63, 3.8) is 0 Å². The molecule has 0 radical (unpaired) electrons. The molecule has 0 bridgehead atoms. The number of nitrogens with zero attached hydrogens (tertiary/aromatic N) is 3. The second-order valence-corrected chi connectivity index (χ2v) is 6.69. The Morgan fingerprint density at radius 2 is 1.70 bits per heavy atom. The SMILES string of the molecule is CN(c1ccc(CC#N)cc1)S(=O)(=O)c1ccc([N+](=O)[O-])cc1. The highest BCUT2D eigenvalue weighted by Gasteiger charge is 2.22. The van der Waals surface area contributed by atoms with E-state index in [0.717, 1.165) is 22.0 Å². The fourth-order valence-corrected chi connectivity index (χ4v) is 3.15. The summed E-state index contributed by atoms with van der Waals surface area (Å²) in [6.45, 7) is 0. The zero-order valence-corrected chi connectivity index (χ0v) is 13.0. The third kappa shape index (κ3) is 3.46. The molecule has 0 heterocycles. The van der Waals surface area contributed by atoms with E-state index < -0.39 is 14.9 Å². The zero-order valence-electron chi connectivity index (χ0n) is 12.2. The number of hydrogen-bond acceptors (Lipinski definition) is 5. The normalized spacial score (nSPS) is 10.8. The Morgan fingerprint density at radius 3 is 2.17 bits per heavy atom. The van der Waals surface area contributed by atoms with Crippen molar-refractivity contribution in [2.45, 2.75) is 11.3 Å².